The van der Waals surface area contributed by atoms with Gasteiger partial charge < -0.3 is 5.73 Å². The summed E-state index contributed by atoms with van der Waals surface area (Å²) in [6.07, 6.45) is 3.07. The number of rotatable bonds is 0. The first-order chi connectivity index (χ1) is 3.79. The summed E-state index contributed by atoms with van der Waals surface area (Å²) in [4.78, 5) is 0. The summed E-state index contributed by atoms with van der Waals surface area (Å²) in [7, 11) is 2.66. The summed E-state index contributed by atoms with van der Waals surface area (Å²) in [6.45, 7) is 2.06. The molecule has 3 heteroatoms. The minimum absolute atomic E-state index is 0.983. The van der Waals surface area contributed by atoms with Crippen molar-refractivity contribution in [3.63, 3.8) is 0 Å². The van der Waals surface area contributed by atoms with Crippen LogP contribution in [0.15, 0.2) is 11.8 Å². The number of hydrogen-bond donors (Lipinski definition) is 1. The highest BCUT2D eigenvalue weighted by Gasteiger charge is 2.02. The van der Waals surface area contributed by atoms with E-state index >= 15 is 0 Å². The highest BCUT2D eigenvalue weighted by atomic mass is 31.0. The van der Waals surface area contributed by atoms with E-state index in [0.29, 0.717) is 0 Å². The highest BCUT2D eigenvalue weighted by molar-refractivity contribution is 7.13. The van der Waals surface area contributed by atoms with Crippen molar-refractivity contribution in [3.05, 3.63) is 11.8 Å². The zero-order chi connectivity index (χ0) is 5.98. The molecule has 1 aliphatic heterocycles. The number of nitrogens with two attached hydrogens (primary N) is 1. The van der Waals surface area contributed by atoms with Crippen LogP contribution in [0.2, 0.25) is 0 Å². The molecule has 0 saturated carbocycles. The fourth-order valence-corrected chi connectivity index (χ4v) is 0.935. The second-order valence-corrected chi connectivity index (χ2v) is 2.75. The van der Waals surface area contributed by atoms with Gasteiger partial charge in [0.2, 0.25) is 0 Å². The lowest BCUT2D eigenvalue weighted by molar-refractivity contribution is 0.496. The summed E-state index contributed by atoms with van der Waals surface area (Å²) < 4.78 is 2.16. The molecule has 0 aromatic rings. The van der Waals surface area contributed by atoms with Gasteiger partial charge in [0, 0.05) is 18.8 Å². The molecule has 0 radical (unpaired) electrons. The van der Waals surface area contributed by atoms with Gasteiger partial charge in [0.15, 0.2) is 0 Å². The third-order valence-corrected chi connectivity index (χ3v) is 1.74. The van der Waals surface area contributed by atoms with Crippen molar-refractivity contribution in [1.29, 1.82) is 0 Å². The normalized spacial score (nSPS) is 22.9. The van der Waals surface area contributed by atoms with Gasteiger partial charge in [-0.2, -0.15) is 0 Å². The van der Waals surface area contributed by atoms with Crippen LogP contribution in [0.5, 0.6) is 0 Å². The van der Waals surface area contributed by atoms with Crippen LogP contribution < -0.4 is 5.73 Å². The van der Waals surface area contributed by atoms with E-state index in [2.05, 4.69) is 20.1 Å². The lowest BCUT2D eigenvalue weighted by Crippen LogP contribution is -2.21. The van der Waals surface area contributed by atoms with Crippen molar-refractivity contribution in [2.45, 2.75) is 6.42 Å². The molecule has 2 nitrogen and oxygen atoms in total. The molecule has 0 bridgehead atoms. The SMILES string of the molecule is NC1=CCN(P)CC1. The minimum atomic E-state index is 0.983. The minimum Gasteiger partial charge on any atom is -0.402 e. The van der Waals surface area contributed by atoms with E-state index < -0.39 is 0 Å². The van der Waals surface area contributed by atoms with Crippen molar-refractivity contribution in [2.75, 3.05) is 13.1 Å². The predicted molar refractivity (Wildman–Crippen MR) is 38.2 cm³/mol. The van der Waals surface area contributed by atoms with Crippen molar-refractivity contribution in [2.24, 2.45) is 5.73 Å². The van der Waals surface area contributed by atoms with Gasteiger partial charge in [-0.3, -0.25) is 4.67 Å². The van der Waals surface area contributed by atoms with Gasteiger partial charge in [0.1, 0.15) is 0 Å². The summed E-state index contributed by atoms with van der Waals surface area (Å²) in [6, 6.07) is 0. The summed E-state index contributed by atoms with van der Waals surface area (Å²) >= 11 is 0. The van der Waals surface area contributed by atoms with Crippen LogP contribution in [-0.2, 0) is 0 Å². The topological polar surface area (TPSA) is 29.3 Å². The van der Waals surface area contributed by atoms with Crippen molar-refractivity contribution >= 4 is 9.39 Å². The Hall–Kier alpha value is -0.0700. The molecule has 0 aromatic carbocycles. The lowest BCUT2D eigenvalue weighted by Gasteiger charge is -2.18. The Morgan fingerprint density at radius 3 is 2.88 bits per heavy atom. The van der Waals surface area contributed by atoms with Crippen LogP contribution >= 0.6 is 9.39 Å². The summed E-state index contributed by atoms with van der Waals surface area (Å²) in [5.41, 5.74) is 6.55. The molecule has 0 saturated heterocycles. The number of nitrogens with zero attached hydrogens (tertiary/aromatic N) is 1. The quantitative estimate of drug-likeness (QED) is 0.478. The molecule has 1 atom stereocenters. The Balaban J connectivity index is 2.42. The molecule has 0 spiro atoms. The fourth-order valence-electron chi connectivity index (χ4n) is 0.701. The Morgan fingerprint density at radius 2 is 2.50 bits per heavy atom. The van der Waals surface area contributed by atoms with Gasteiger partial charge in [-0.15, -0.1) is 0 Å². The molecule has 8 heavy (non-hydrogen) atoms. The van der Waals surface area contributed by atoms with Crippen molar-refractivity contribution in [3.8, 4) is 0 Å². The summed E-state index contributed by atoms with van der Waals surface area (Å²) in [5, 5.41) is 0. The molecule has 1 unspecified atom stereocenters. The van der Waals surface area contributed by atoms with Gasteiger partial charge in [-0.05, 0) is 6.42 Å². The first-order valence-electron chi connectivity index (χ1n) is 2.73. The molecule has 2 N–H and O–H groups in total. The zero-order valence-corrected chi connectivity index (χ0v) is 5.96. The van der Waals surface area contributed by atoms with Gasteiger partial charge in [0.25, 0.3) is 0 Å². The molecule has 1 heterocycles. The van der Waals surface area contributed by atoms with Crippen LogP contribution in [-0.4, -0.2) is 17.8 Å². The van der Waals surface area contributed by atoms with E-state index in [1.807, 2.05) is 0 Å². The van der Waals surface area contributed by atoms with Crippen LogP contribution in [0.4, 0.5) is 0 Å². The fraction of sp³-hybridized carbons (Fsp3) is 0.600. The molecule has 0 aromatic heterocycles. The summed E-state index contributed by atoms with van der Waals surface area (Å²) in [5.74, 6) is 0. The van der Waals surface area contributed by atoms with Gasteiger partial charge in [-0.25, -0.2) is 0 Å². The Morgan fingerprint density at radius 1 is 1.75 bits per heavy atom. The van der Waals surface area contributed by atoms with E-state index in [0.717, 1.165) is 25.2 Å². The smallest absolute Gasteiger partial charge is 0.0217 e. The Labute approximate surface area is 52.0 Å². The molecular formula is C5H11N2P. The highest BCUT2D eigenvalue weighted by Crippen LogP contribution is 2.08. The standard InChI is InChI=1S/C5H11N2P/c6-5-1-3-7(8)4-2-5/h1H,2-4,6,8H2. The molecule has 0 amide bonds. The number of hydrogen-bond acceptors (Lipinski definition) is 2. The first-order valence-corrected chi connectivity index (χ1v) is 3.25. The molecule has 0 fully saturated rings. The second kappa shape index (κ2) is 2.47. The van der Waals surface area contributed by atoms with Crippen LogP contribution in [0, 0.1) is 0 Å². The van der Waals surface area contributed by atoms with E-state index in [-0.39, 0.29) is 0 Å². The van der Waals surface area contributed by atoms with Crippen LogP contribution in [0.3, 0.4) is 0 Å². The average Bonchev–Trinajstić information content (AvgIpc) is 1.77. The Kier molecular flexibility index (Phi) is 1.87. The predicted octanol–water partition coefficient (Wildman–Crippen LogP) is 0.325. The van der Waals surface area contributed by atoms with Gasteiger partial charge >= 0.3 is 0 Å². The van der Waals surface area contributed by atoms with Gasteiger partial charge in [-0.1, -0.05) is 15.5 Å². The second-order valence-electron chi connectivity index (χ2n) is 2.02. The molecule has 1 rings (SSSR count). The van der Waals surface area contributed by atoms with Crippen LogP contribution in [0.1, 0.15) is 6.42 Å². The molecule has 0 aliphatic carbocycles. The van der Waals surface area contributed by atoms with Crippen molar-refractivity contribution in [1.82, 2.24) is 4.67 Å². The van der Waals surface area contributed by atoms with E-state index in [9.17, 15) is 0 Å². The van der Waals surface area contributed by atoms with Gasteiger partial charge in [0.05, 0.1) is 0 Å². The van der Waals surface area contributed by atoms with E-state index in [1.165, 1.54) is 0 Å². The molecular weight excluding hydrogens is 119 g/mol. The van der Waals surface area contributed by atoms with Crippen LogP contribution in [0.25, 0.3) is 0 Å². The monoisotopic (exact) mass is 130 g/mol. The maximum absolute atomic E-state index is 5.52. The molecule has 1 aliphatic rings. The maximum Gasteiger partial charge on any atom is 0.0217 e. The average molecular weight is 130 g/mol. The van der Waals surface area contributed by atoms with Crippen molar-refractivity contribution < 1.29 is 0 Å². The maximum atomic E-state index is 5.52. The third kappa shape index (κ3) is 1.46. The zero-order valence-electron chi connectivity index (χ0n) is 4.80. The van der Waals surface area contributed by atoms with E-state index in [1.54, 1.807) is 0 Å². The lowest BCUT2D eigenvalue weighted by atomic mass is 10.2. The van der Waals surface area contributed by atoms with E-state index in [4.69, 9.17) is 5.73 Å². The largest absolute Gasteiger partial charge is 0.402 e. The molecule has 46 valence electrons. The first kappa shape index (κ1) is 6.06. The Bertz CT molecular complexity index is 111. The third-order valence-electron chi connectivity index (χ3n) is 1.28.